The van der Waals surface area contributed by atoms with Crippen molar-refractivity contribution in [2.24, 2.45) is 0 Å². The van der Waals surface area contributed by atoms with Gasteiger partial charge >= 0.3 is 0 Å². The molecule has 18 heavy (non-hydrogen) atoms. The third-order valence-corrected chi connectivity index (χ3v) is 2.66. The zero-order valence-corrected chi connectivity index (χ0v) is 11.3. The molecule has 0 bridgehead atoms. The van der Waals surface area contributed by atoms with E-state index in [2.05, 4.69) is 12.2 Å². The lowest BCUT2D eigenvalue weighted by Gasteiger charge is -2.15. The number of benzene rings is 1. The largest absolute Gasteiger partial charge is 0.464 e. The summed E-state index contributed by atoms with van der Waals surface area (Å²) in [4.78, 5) is 0. The van der Waals surface area contributed by atoms with Gasteiger partial charge in [-0.3, -0.25) is 0 Å². The van der Waals surface area contributed by atoms with Gasteiger partial charge in [0.15, 0.2) is 18.4 Å². The first-order valence-corrected chi connectivity index (χ1v) is 6.42. The lowest BCUT2D eigenvalue weighted by Crippen LogP contribution is -2.19. The van der Waals surface area contributed by atoms with Crippen molar-refractivity contribution in [3.05, 3.63) is 29.6 Å². The van der Waals surface area contributed by atoms with Crippen LogP contribution in [-0.2, 0) is 4.74 Å². The van der Waals surface area contributed by atoms with Crippen LogP contribution in [0.5, 0.6) is 5.75 Å². The summed E-state index contributed by atoms with van der Waals surface area (Å²) in [6, 6.07) is 5.17. The van der Waals surface area contributed by atoms with Crippen LogP contribution in [0.1, 0.15) is 38.8 Å². The molecule has 1 atom stereocenters. The molecule has 1 unspecified atom stereocenters. The number of hydrogen-bond donors (Lipinski definition) is 1. The number of nitrogens with one attached hydrogen (secondary N) is 1. The van der Waals surface area contributed by atoms with E-state index in [1.54, 1.807) is 6.07 Å². The van der Waals surface area contributed by atoms with Crippen LogP contribution in [0, 0.1) is 5.82 Å². The van der Waals surface area contributed by atoms with Crippen LogP contribution in [0.2, 0.25) is 0 Å². The highest BCUT2D eigenvalue weighted by Gasteiger charge is 2.09. The molecular weight excluding hydrogens is 233 g/mol. The second-order valence-corrected chi connectivity index (χ2v) is 4.12. The van der Waals surface area contributed by atoms with Crippen LogP contribution < -0.4 is 10.1 Å². The Morgan fingerprint density at radius 3 is 2.72 bits per heavy atom. The molecule has 4 heteroatoms. The maximum atomic E-state index is 13.8. The molecule has 1 N–H and O–H groups in total. The molecule has 0 amide bonds. The Morgan fingerprint density at radius 1 is 1.33 bits per heavy atom. The van der Waals surface area contributed by atoms with Crippen molar-refractivity contribution in [3.63, 3.8) is 0 Å². The SMILES string of the molecule is CCCNC(C)c1ccc(OCOCC)c(F)c1. The highest BCUT2D eigenvalue weighted by molar-refractivity contribution is 5.30. The van der Waals surface area contributed by atoms with E-state index in [-0.39, 0.29) is 24.4 Å². The molecule has 102 valence electrons. The molecule has 0 aliphatic heterocycles. The molecule has 0 aliphatic rings. The fourth-order valence-electron chi connectivity index (χ4n) is 1.57. The van der Waals surface area contributed by atoms with Crippen molar-refractivity contribution in [1.29, 1.82) is 0 Å². The van der Waals surface area contributed by atoms with Crippen LogP contribution in [0.15, 0.2) is 18.2 Å². The minimum atomic E-state index is -0.350. The Bertz CT molecular complexity index is 358. The van der Waals surface area contributed by atoms with Crippen molar-refractivity contribution in [2.75, 3.05) is 19.9 Å². The summed E-state index contributed by atoms with van der Waals surface area (Å²) in [5.41, 5.74) is 0.921. The lowest BCUT2D eigenvalue weighted by atomic mass is 10.1. The highest BCUT2D eigenvalue weighted by atomic mass is 19.1. The summed E-state index contributed by atoms with van der Waals surface area (Å²) in [5, 5.41) is 3.32. The van der Waals surface area contributed by atoms with Gasteiger partial charge in [0.1, 0.15) is 0 Å². The lowest BCUT2D eigenvalue weighted by molar-refractivity contribution is 0.0201. The normalized spacial score (nSPS) is 12.4. The fourth-order valence-corrected chi connectivity index (χ4v) is 1.57. The van der Waals surface area contributed by atoms with E-state index in [0.29, 0.717) is 6.61 Å². The van der Waals surface area contributed by atoms with Crippen LogP contribution >= 0.6 is 0 Å². The van der Waals surface area contributed by atoms with E-state index in [4.69, 9.17) is 9.47 Å². The Kier molecular flexibility index (Phi) is 6.68. The van der Waals surface area contributed by atoms with E-state index in [1.807, 2.05) is 19.9 Å². The summed E-state index contributed by atoms with van der Waals surface area (Å²) in [5.74, 6) is -0.118. The Labute approximate surface area is 108 Å². The Hall–Kier alpha value is -1.13. The van der Waals surface area contributed by atoms with E-state index in [1.165, 1.54) is 6.07 Å². The quantitative estimate of drug-likeness (QED) is 0.571. The summed E-state index contributed by atoms with van der Waals surface area (Å²) in [7, 11) is 0. The molecule has 3 nitrogen and oxygen atoms in total. The van der Waals surface area contributed by atoms with E-state index < -0.39 is 0 Å². The molecule has 0 aliphatic carbocycles. The van der Waals surface area contributed by atoms with Crippen molar-refractivity contribution in [3.8, 4) is 5.75 Å². The molecule has 0 saturated carbocycles. The maximum absolute atomic E-state index is 13.8. The van der Waals surface area contributed by atoms with Gasteiger partial charge in [0, 0.05) is 12.6 Å². The third kappa shape index (κ3) is 4.63. The van der Waals surface area contributed by atoms with Gasteiger partial charge in [-0.05, 0) is 44.5 Å². The molecule has 0 saturated heterocycles. The first-order chi connectivity index (χ1) is 8.69. The number of rotatable bonds is 8. The van der Waals surface area contributed by atoms with Gasteiger partial charge in [-0.1, -0.05) is 13.0 Å². The van der Waals surface area contributed by atoms with E-state index >= 15 is 0 Å². The fraction of sp³-hybridized carbons (Fsp3) is 0.571. The van der Waals surface area contributed by atoms with E-state index in [0.717, 1.165) is 18.5 Å². The average Bonchev–Trinajstić information content (AvgIpc) is 2.38. The third-order valence-electron chi connectivity index (χ3n) is 2.66. The number of halogens is 1. The second-order valence-electron chi connectivity index (χ2n) is 4.12. The zero-order chi connectivity index (χ0) is 13.4. The zero-order valence-electron chi connectivity index (χ0n) is 11.3. The summed E-state index contributed by atoms with van der Waals surface area (Å²) < 4.78 is 23.9. The first-order valence-electron chi connectivity index (χ1n) is 6.42. The van der Waals surface area contributed by atoms with Crippen LogP contribution in [-0.4, -0.2) is 19.9 Å². The predicted molar refractivity (Wildman–Crippen MR) is 70.2 cm³/mol. The van der Waals surface area contributed by atoms with Gasteiger partial charge in [-0.25, -0.2) is 4.39 Å². The predicted octanol–water partition coefficient (Wildman–Crippen LogP) is 3.26. The second kappa shape index (κ2) is 8.06. The van der Waals surface area contributed by atoms with Crippen LogP contribution in [0.3, 0.4) is 0 Å². The summed E-state index contributed by atoms with van der Waals surface area (Å²) in [6.45, 7) is 7.54. The van der Waals surface area contributed by atoms with Crippen LogP contribution in [0.4, 0.5) is 4.39 Å². The molecule has 0 heterocycles. The Morgan fingerprint density at radius 2 is 2.11 bits per heavy atom. The molecular formula is C14H22FNO2. The minimum absolute atomic E-state index is 0.0798. The average molecular weight is 255 g/mol. The Balaban J connectivity index is 2.60. The monoisotopic (exact) mass is 255 g/mol. The van der Waals surface area contributed by atoms with Crippen molar-refractivity contribution in [2.45, 2.75) is 33.2 Å². The van der Waals surface area contributed by atoms with Gasteiger partial charge in [-0.15, -0.1) is 0 Å². The number of hydrogen-bond acceptors (Lipinski definition) is 3. The van der Waals surface area contributed by atoms with Crippen molar-refractivity contribution < 1.29 is 13.9 Å². The minimum Gasteiger partial charge on any atom is -0.464 e. The van der Waals surface area contributed by atoms with E-state index in [9.17, 15) is 4.39 Å². The maximum Gasteiger partial charge on any atom is 0.189 e. The topological polar surface area (TPSA) is 30.5 Å². The van der Waals surface area contributed by atoms with Gasteiger partial charge in [0.05, 0.1) is 0 Å². The summed E-state index contributed by atoms with van der Waals surface area (Å²) in [6.07, 6.45) is 1.06. The highest BCUT2D eigenvalue weighted by Crippen LogP contribution is 2.22. The molecule has 0 fully saturated rings. The smallest absolute Gasteiger partial charge is 0.189 e. The van der Waals surface area contributed by atoms with Gasteiger partial charge < -0.3 is 14.8 Å². The molecule has 0 spiro atoms. The molecule has 1 aromatic rings. The number of ether oxygens (including phenoxy) is 2. The standard InChI is InChI=1S/C14H22FNO2/c1-4-8-16-11(3)12-6-7-14(13(15)9-12)18-10-17-5-2/h6-7,9,11,16H,4-5,8,10H2,1-3H3. The van der Waals surface area contributed by atoms with Crippen molar-refractivity contribution in [1.82, 2.24) is 5.32 Å². The molecule has 0 radical (unpaired) electrons. The molecule has 1 aromatic carbocycles. The van der Waals surface area contributed by atoms with Gasteiger partial charge in [0.2, 0.25) is 0 Å². The van der Waals surface area contributed by atoms with Gasteiger partial charge in [-0.2, -0.15) is 0 Å². The first kappa shape index (κ1) is 14.9. The van der Waals surface area contributed by atoms with Crippen LogP contribution in [0.25, 0.3) is 0 Å². The molecule has 1 rings (SSSR count). The van der Waals surface area contributed by atoms with Gasteiger partial charge in [0.25, 0.3) is 0 Å². The summed E-state index contributed by atoms with van der Waals surface area (Å²) >= 11 is 0. The van der Waals surface area contributed by atoms with Crippen molar-refractivity contribution >= 4 is 0 Å². The molecule has 0 aromatic heterocycles.